The molecule has 140 valence electrons. The molecule has 3 heterocycles. The van der Waals surface area contributed by atoms with Crippen LogP contribution in [0.15, 0.2) is 36.5 Å². The Labute approximate surface area is 157 Å². The molecule has 0 atom stereocenters. The Morgan fingerprint density at radius 2 is 1.89 bits per heavy atom. The standard InChI is InChI=1S/C21H23FN4O/c1-14-8-11-25(12-9-14)19(27)13-26-21-20(15(2)24-26)18(7-10-23-21)16-3-5-17(22)6-4-16/h3-7,10,14H,8-9,11-13H2,1-2H3. The summed E-state index contributed by atoms with van der Waals surface area (Å²) in [4.78, 5) is 19.1. The van der Waals surface area contributed by atoms with Crippen LogP contribution in [0.2, 0.25) is 0 Å². The minimum Gasteiger partial charge on any atom is -0.341 e. The van der Waals surface area contributed by atoms with E-state index >= 15 is 0 Å². The van der Waals surface area contributed by atoms with Gasteiger partial charge in [-0.3, -0.25) is 4.79 Å². The molecular weight excluding hydrogens is 343 g/mol. The predicted molar refractivity (Wildman–Crippen MR) is 103 cm³/mol. The van der Waals surface area contributed by atoms with Gasteiger partial charge in [0.25, 0.3) is 0 Å². The molecule has 1 fully saturated rings. The summed E-state index contributed by atoms with van der Waals surface area (Å²) in [6, 6.07) is 8.30. The quantitative estimate of drug-likeness (QED) is 0.708. The van der Waals surface area contributed by atoms with E-state index in [-0.39, 0.29) is 18.3 Å². The van der Waals surface area contributed by atoms with Gasteiger partial charge in [-0.15, -0.1) is 0 Å². The van der Waals surface area contributed by atoms with Gasteiger partial charge in [0.2, 0.25) is 5.91 Å². The molecule has 6 heteroatoms. The van der Waals surface area contributed by atoms with Crippen molar-refractivity contribution in [2.45, 2.75) is 33.2 Å². The number of hydrogen-bond donors (Lipinski definition) is 0. The zero-order valence-electron chi connectivity index (χ0n) is 15.7. The second-order valence-corrected chi connectivity index (χ2v) is 7.37. The molecule has 0 saturated carbocycles. The summed E-state index contributed by atoms with van der Waals surface area (Å²) in [5.74, 6) is 0.500. The summed E-state index contributed by atoms with van der Waals surface area (Å²) in [5, 5.41) is 5.48. The normalized spacial score (nSPS) is 15.4. The highest BCUT2D eigenvalue weighted by Crippen LogP contribution is 2.30. The number of benzene rings is 1. The second-order valence-electron chi connectivity index (χ2n) is 7.37. The first-order chi connectivity index (χ1) is 13.0. The van der Waals surface area contributed by atoms with Crippen LogP contribution in [0, 0.1) is 18.7 Å². The van der Waals surface area contributed by atoms with E-state index in [1.165, 1.54) is 12.1 Å². The lowest BCUT2D eigenvalue weighted by atomic mass is 9.99. The van der Waals surface area contributed by atoms with Crippen molar-refractivity contribution in [1.82, 2.24) is 19.7 Å². The molecule has 0 bridgehead atoms. The third-order valence-electron chi connectivity index (χ3n) is 5.38. The van der Waals surface area contributed by atoms with Crippen LogP contribution < -0.4 is 0 Å². The summed E-state index contributed by atoms with van der Waals surface area (Å²) in [6.45, 7) is 5.96. The van der Waals surface area contributed by atoms with Gasteiger partial charge in [-0.1, -0.05) is 19.1 Å². The minimum atomic E-state index is -0.266. The maximum Gasteiger partial charge on any atom is 0.244 e. The van der Waals surface area contributed by atoms with E-state index in [2.05, 4.69) is 17.0 Å². The third-order valence-corrected chi connectivity index (χ3v) is 5.38. The Morgan fingerprint density at radius 3 is 2.59 bits per heavy atom. The highest BCUT2D eigenvalue weighted by Gasteiger charge is 2.22. The van der Waals surface area contributed by atoms with E-state index in [9.17, 15) is 9.18 Å². The molecule has 2 aromatic heterocycles. The van der Waals surface area contributed by atoms with Gasteiger partial charge in [0.15, 0.2) is 5.65 Å². The van der Waals surface area contributed by atoms with Gasteiger partial charge in [0, 0.05) is 24.7 Å². The van der Waals surface area contributed by atoms with E-state index in [0.29, 0.717) is 11.6 Å². The highest BCUT2D eigenvalue weighted by molar-refractivity contribution is 5.95. The first kappa shape index (κ1) is 17.6. The molecule has 1 aromatic carbocycles. The van der Waals surface area contributed by atoms with Crippen molar-refractivity contribution in [3.8, 4) is 11.1 Å². The van der Waals surface area contributed by atoms with Crippen molar-refractivity contribution >= 4 is 16.9 Å². The highest BCUT2D eigenvalue weighted by atomic mass is 19.1. The van der Waals surface area contributed by atoms with Gasteiger partial charge >= 0.3 is 0 Å². The fourth-order valence-electron chi connectivity index (χ4n) is 3.75. The largest absolute Gasteiger partial charge is 0.341 e. The molecule has 1 amide bonds. The van der Waals surface area contributed by atoms with Gasteiger partial charge in [-0.25, -0.2) is 14.1 Å². The lowest BCUT2D eigenvalue weighted by Gasteiger charge is -2.30. The zero-order valence-corrected chi connectivity index (χ0v) is 15.7. The topological polar surface area (TPSA) is 51.0 Å². The molecule has 0 aliphatic carbocycles. The fourth-order valence-corrected chi connectivity index (χ4v) is 3.75. The number of fused-ring (bicyclic) bond motifs is 1. The number of rotatable bonds is 3. The van der Waals surface area contributed by atoms with Gasteiger partial charge in [0.1, 0.15) is 12.4 Å². The van der Waals surface area contributed by atoms with Crippen molar-refractivity contribution in [3.05, 3.63) is 48.0 Å². The molecular formula is C21H23FN4O. The molecule has 0 spiro atoms. The summed E-state index contributed by atoms with van der Waals surface area (Å²) in [5.41, 5.74) is 3.36. The SMILES string of the molecule is Cc1nn(CC(=O)N2CCC(C)CC2)c2nccc(-c3ccc(F)cc3)c12. The molecule has 4 rings (SSSR count). The second kappa shape index (κ2) is 7.10. The summed E-state index contributed by atoms with van der Waals surface area (Å²) < 4.78 is 15.0. The number of carbonyl (C=O) groups excluding carboxylic acids is 1. The van der Waals surface area contributed by atoms with Crippen LogP contribution in [-0.4, -0.2) is 38.7 Å². The first-order valence-corrected chi connectivity index (χ1v) is 9.39. The number of aryl methyl sites for hydroxylation is 1. The summed E-state index contributed by atoms with van der Waals surface area (Å²) in [6.07, 6.45) is 3.82. The monoisotopic (exact) mass is 366 g/mol. The number of aromatic nitrogens is 3. The van der Waals surface area contributed by atoms with E-state index in [0.717, 1.165) is 48.1 Å². The maximum atomic E-state index is 13.3. The maximum absolute atomic E-state index is 13.3. The molecule has 5 nitrogen and oxygen atoms in total. The number of halogens is 1. The molecule has 1 saturated heterocycles. The van der Waals surface area contributed by atoms with Crippen LogP contribution in [0.1, 0.15) is 25.5 Å². The zero-order chi connectivity index (χ0) is 19.0. The summed E-state index contributed by atoms with van der Waals surface area (Å²) in [7, 11) is 0. The smallest absolute Gasteiger partial charge is 0.244 e. The lowest BCUT2D eigenvalue weighted by Crippen LogP contribution is -2.39. The van der Waals surface area contributed by atoms with Crippen LogP contribution in [0.5, 0.6) is 0 Å². The third kappa shape index (κ3) is 3.44. The van der Waals surface area contributed by atoms with Crippen molar-refractivity contribution in [2.24, 2.45) is 5.92 Å². The van der Waals surface area contributed by atoms with Crippen LogP contribution in [0.3, 0.4) is 0 Å². The van der Waals surface area contributed by atoms with Gasteiger partial charge in [0.05, 0.1) is 5.69 Å². The van der Waals surface area contributed by atoms with Crippen LogP contribution in [-0.2, 0) is 11.3 Å². The Balaban J connectivity index is 1.66. The van der Waals surface area contributed by atoms with Crippen LogP contribution in [0.25, 0.3) is 22.2 Å². The molecule has 0 radical (unpaired) electrons. The molecule has 1 aliphatic heterocycles. The van der Waals surface area contributed by atoms with Crippen LogP contribution >= 0.6 is 0 Å². The Hall–Kier alpha value is -2.76. The number of nitrogens with zero attached hydrogens (tertiary/aromatic N) is 4. The number of carbonyl (C=O) groups is 1. The number of hydrogen-bond acceptors (Lipinski definition) is 3. The van der Waals surface area contributed by atoms with E-state index in [1.54, 1.807) is 23.0 Å². The molecule has 0 unspecified atom stereocenters. The number of piperidine rings is 1. The van der Waals surface area contributed by atoms with Crippen LogP contribution in [0.4, 0.5) is 4.39 Å². The number of pyridine rings is 1. The van der Waals surface area contributed by atoms with E-state index in [4.69, 9.17) is 0 Å². The van der Waals surface area contributed by atoms with E-state index < -0.39 is 0 Å². The van der Waals surface area contributed by atoms with Gasteiger partial charge < -0.3 is 4.90 Å². The Morgan fingerprint density at radius 1 is 1.19 bits per heavy atom. The lowest BCUT2D eigenvalue weighted by molar-refractivity contribution is -0.133. The first-order valence-electron chi connectivity index (χ1n) is 9.39. The van der Waals surface area contributed by atoms with Gasteiger partial charge in [-0.2, -0.15) is 5.10 Å². The number of amides is 1. The summed E-state index contributed by atoms with van der Waals surface area (Å²) >= 11 is 0. The average molecular weight is 366 g/mol. The van der Waals surface area contributed by atoms with E-state index in [1.807, 2.05) is 17.9 Å². The van der Waals surface area contributed by atoms with Crippen molar-refractivity contribution in [1.29, 1.82) is 0 Å². The molecule has 3 aromatic rings. The van der Waals surface area contributed by atoms with Crippen molar-refractivity contribution in [2.75, 3.05) is 13.1 Å². The molecule has 1 aliphatic rings. The Bertz CT molecular complexity index is 972. The molecule has 0 N–H and O–H groups in total. The number of likely N-dealkylation sites (tertiary alicyclic amines) is 1. The van der Waals surface area contributed by atoms with Gasteiger partial charge in [-0.05, 0) is 55.0 Å². The fraction of sp³-hybridized carbons (Fsp3) is 0.381. The van der Waals surface area contributed by atoms with Crippen molar-refractivity contribution in [3.63, 3.8) is 0 Å². The molecule has 27 heavy (non-hydrogen) atoms. The minimum absolute atomic E-state index is 0.0836. The predicted octanol–water partition coefficient (Wildman–Crippen LogP) is 3.80. The average Bonchev–Trinajstić information content (AvgIpc) is 2.99. The van der Waals surface area contributed by atoms with Crippen molar-refractivity contribution < 1.29 is 9.18 Å². The Kier molecular flexibility index (Phi) is 4.64.